The van der Waals surface area contributed by atoms with E-state index in [1.807, 2.05) is 4.90 Å². The van der Waals surface area contributed by atoms with Gasteiger partial charge in [-0.1, -0.05) is 6.92 Å². The molecule has 1 amide bonds. The Labute approximate surface area is 153 Å². The van der Waals surface area contributed by atoms with Gasteiger partial charge in [0.25, 0.3) is 5.91 Å². The first-order valence-corrected chi connectivity index (χ1v) is 9.37. The number of ether oxygens (including phenoxy) is 2. The van der Waals surface area contributed by atoms with Crippen molar-refractivity contribution in [2.75, 3.05) is 20.3 Å². The van der Waals surface area contributed by atoms with E-state index in [4.69, 9.17) is 9.47 Å². The van der Waals surface area contributed by atoms with Crippen molar-refractivity contribution in [3.63, 3.8) is 0 Å². The van der Waals surface area contributed by atoms with Crippen LogP contribution in [0.15, 0.2) is 18.2 Å². The zero-order valence-electron chi connectivity index (χ0n) is 15.4. The van der Waals surface area contributed by atoms with E-state index < -0.39 is 17.7 Å². The molecule has 1 aliphatic heterocycles. The lowest BCUT2D eigenvalue weighted by molar-refractivity contribution is -0.178. The third kappa shape index (κ3) is 4.41. The fourth-order valence-corrected chi connectivity index (χ4v) is 4.16. The predicted octanol–water partition coefficient (Wildman–Crippen LogP) is 3.33. The molecular formula is C20H27F2NO3. The van der Waals surface area contributed by atoms with Gasteiger partial charge >= 0.3 is 0 Å². The lowest BCUT2D eigenvalue weighted by Gasteiger charge is -2.48. The molecule has 3 rings (SSSR count). The number of rotatable bonds is 6. The van der Waals surface area contributed by atoms with Gasteiger partial charge in [0.05, 0.1) is 12.1 Å². The molecule has 0 bridgehead atoms. The van der Waals surface area contributed by atoms with Crippen LogP contribution < -0.4 is 0 Å². The second-order valence-electron chi connectivity index (χ2n) is 7.51. The van der Waals surface area contributed by atoms with Gasteiger partial charge in [0.15, 0.2) is 0 Å². The zero-order chi connectivity index (χ0) is 18.7. The Balaban J connectivity index is 1.77. The van der Waals surface area contributed by atoms with Crippen LogP contribution in [0.1, 0.15) is 38.2 Å². The number of nitrogens with zero attached hydrogens (tertiary/aromatic N) is 1. The van der Waals surface area contributed by atoms with E-state index in [1.165, 1.54) is 12.1 Å². The van der Waals surface area contributed by atoms with Crippen LogP contribution in [0, 0.1) is 17.6 Å². The van der Waals surface area contributed by atoms with Crippen molar-refractivity contribution in [2.45, 2.75) is 57.3 Å². The highest BCUT2D eigenvalue weighted by Crippen LogP contribution is 2.35. The Morgan fingerprint density at radius 1 is 1.23 bits per heavy atom. The number of hydrogen-bond donors (Lipinski definition) is 0. The smallest absolute Gasteiger partial charge is 0.252 e. The molecule has 1 heterocycles. The van der Waals surface area contributed by atoms with Gasteiger partial charge in [0.2, 0.25) is 0 Å². The maximum atomic E-state index is 13.5. The third-order valence-corrected chi connectivity index (χ3v) is 5.41. The van der Waals surface area contributed by atoms with E-state index in [0.29, 0.717) is 24.6 Å². The molecule has 6 heteroatoms. The molecule has 0 N–H and O–H groups in total. The molecule has 1 aromatic rings. The van der Waals surface area contributed by atoms with Crippen LogP contribution in [0.4, 0.5) is 8.78 Å². The van der Waals surface area contributed by atoms with Crippen LogP contribution in [0.5, 0.6) is 0 Å². The molecule has 0 radical (unpaired) electrons. The van der Waals surface area contributed by atoms with Crippen LogP contribution in [0.2, 0.25) is 0 Å². The van der Waals surface area contributed by atoms with Crippen molar-refractivity contribution < 1.29 is 23.0 Å². The first-order chi connectivity index (χ1) is 12.5. The number of fused-ring (bicyclic) bond motifs is 1. The number of carbonyl (C=O) groups excluding carboxylic acids is 1. The quantitative estimate of drug-likeness (QED) is 0.724. The van der Waals surface area contributed by atoms with Crippen LogP contribution in [-0.2, 0) is 20.7 Å². The van der Waals surface area contributed by atoms with Gasteiger partial charge in [-0.25, -0.2) is 8.78 Å². The van der Waals surface area contributed by atoms with Crippen LogP contribution in [-0.4, -0.2) is 49.3 Å². The number of halogens is 2. The molecule has 0 spiro atoms. The summed E-state index contributed by atoms with van der Waals surface area (Å²) in [7, 11) is 1.65. The lowest BCUT2D eigenvalue weighted by Crippen LogP contribution is -2.60. The van der Waals surface area contributed by atoms with E-state index in [1.54, 1.807) is 7.11 Å². The van der Waals surface area contributed by atoms with E-state index in [-0.39, 0.29) is 24.5 Å². The van der Waals surface area contributed by atoms with E-state index in [2.05, 4.69) is 6.92 Å². The number of methoxy groups -OCH3 is 1. The number of amides is 1. The summed E-state index contributed by atoms with van der Waals surface area (Å²) in [6.45, 7) is 3.42. The van der Waals surface area contributed by atoms with Gasteiger partial charge in [-0.05, 0) is 49.3 Å². The summed E-state index contributed by atoms with van der Waals surface area (Å²) < 4.78 is 38.2. The molecule has 1 aliphatic carbocycles. The fourth-order valence-electron chi connectivity index (χ4n) is 4.16. The largest absolute Gasteiger partial charge is 0.385 e. The van der Waals surface area contributed by atoms with Gasteiger partial charge in [0, 0.05) is 32.7 Å². The van der Waals surface area contributed by atoms with Crippen molar-refractivity contribution >= 4 is 5.91 Å². The molecule has 4 nitrogen and oxygen atoms in total. The average Bonchev–Trinajstić information content (AvgIpc) is 2.57. The molecule has 2 aliphatic rings. The van der Waals surface area contributed by atoms with Crippen molar-refractivity contribution in [1.29, 1.82) is 0 Å². The van der Waals surface area contributed by atoms with Gasteiger partial charge in [-0.15, -0.1) is 0 Å². The molecule has 144 valence electrons. The molecule has 1 saturated carbocycles. The van der Waals surface area contributed by atoms with Crippen LogP contribution in [0.25, 0.3) is 0 Å². The van der Waals surface area contributed by atoms with Gasteiger partial charge in [-0.3, -0.25) is 4.79 Å². The molecule has 1 saturated heterocycles. The van der Waals surface area contributed by atoms with Gasteiger partial charge < -0.3 is 14.4 Å². The fraction of sp³-hybridized carbons (Fsp3) is 0.650. The monoisotopic (exact) mass is 367 g/mol. The van der Waals surface area contributed by atoms with E-state index in [9.17, 15) is 13.6 Å². The zero-order valence-corrected chi connectivity index (χ0v) is 15.4. The van der Waals surface area contributed by atoms with Crippen LogP contribution in [0.3, 0.4) is 0 Å². The standard InChI is InChI=1S/C20H27F2NO3/c1-13-4-5-18-17(8-13)23(6-3-7-25-2)20(24)19(26-18)11-14-9-15(21)12-16(22)10-14/h9-10,12-13,17-19H,3-8,11H2,1-2H3/t13-,17?,18+,19?/m1/s1. The Morgan fingerprint density at radius 3 is 2.65 bits per heavy atom. The highest BCUT2D eigenvalue weighted by atomic mass is 19.1. The SMILES string of the molecule is COCCCN1C(=O)C(Cc2cc(F)cc(F)c2)O[C@H]2CC[C@@H](C)CC21. The van der Waals surface area contributed by atoms with Crippen molar-refractivity contribution in [2.24, 2.45) is 5.92 Å². The molecule has 4 atom stereocenters. The Morgan fingerprint density at radius 2 is 1.96 bits per heavy atom. The van der Waals surface area contributed by atoms with Gasteiger partial charge in [-0.2, -0.15) is 0 Å². The maximum Gasteiger partial charge on any atom is 0.252 e. The highest BCUT2D eigenvalue weighted by molar-refractivity contribution is 5.82. The molecule has 1 aromatic carbocycles. The molecule has 26 heavy (non-hydrogen) atoms. The summed E-state index contributed by atoms with van der Waals surface area (Å²) in [5.74, 6) is -0.790. The predicted molar refractivity (Wildman–Crippen MR) is 93.7 cm³/mol. The van der Waals surface area contributed by atoms with Crippen molar-refractivity contribution in [1.82, 2.24) is 4.90 Å². The molecule has 0 aromatic heterocycles. The first kappa shape index (κ1) is 19.2. The normalized spacial score (nSPS) is 28.9. The topological polar surface area (TPSA) is 38.8 Å². The van der Waals surface area contributed by atoms with Crippen molar-refractivity contribution in [3.05, 3.63) is 35.4 Å². The number of benzene rings is 1. The highest BCUT2D eigenvalue weighted by Gasteiger charge is 2.44. The molecule has 2 unspecified atom stereocenters. The lowest BCUT2D eigenvalue weighted by atomic mass is 9.82. The van der Waals surface area contributed by atoms with Crippen molar-refractivity contribution in [3.8, 4) is 0 Å². The van der Waals surface area contributed by atoms with E-state index >= 15 is 0 Å². The summed E-state index contributed by atoms with van der Waals surface area (Å²) in [5, 5.41) is 0. The molecular weight excluding hydrogens is 340 g/mol. The Bertz CT molecular complexity index is 619. The number of carbonyl (C=O) groups is 1. The summed E-state index contributed by atoms with van der Waals surface area (Å²) in [4.78, 5) is 14.9. The number of morpholine rings is 1. The second kappa shape index (κ2) is 8.44. The third-order valence-electron chi connectivity index (χ3n) is 5.41. The van der Waals surface area contributed by atoms with Gasteiger partial charge in [0.1, 0.15) is 17.7 Å². The van der Waals surface area contributed by atoms with E-state index in [0.717, 1.165) is 31.7 Å². The van der Waals surface area contributed by atoms with Crippen LogP contribution >= 0.6 is 0 Å². The number of hydrogen-bond acceptors (Lipinski definition) is 3. The summed E-state index contributed by atoms with van der Waals surface area (Å²) in [6, 6.07) is 3.46. The summed E-state index contributed by atoms with van der Waals surface area (Å²) in [5.41, 5.74) is 0.445. The minimum atomic E-state index is -0.687. The Hall–Kier alpha value is -1.53. The second-order valence-corrected chi connectivity index (χ2v) is 7.51. The summed E-state index contributed by atoms with van der Waals surface area (Å²) in [6.07, 6.45) is 3.18. The summed E-state index contributed by atoms with van der Waals surface area (Å²) >= 11 is 0. The minimum Gasteiger partial charge on any atom is -0.385 e. The molecule has 2 fully saturated rings. The Kier molecular flexibility index (Phi) is 6.24. The average molecular weight is 367 g/mol. The minimum absolute atomic E-state index is 0.00477. The maximum absolute atomic E-state index is 13.5. The first-order valence-electron chi connectivity index (χ1n) is 9.37.